The van der Waals surface area contributed by atoms with E-state index in [9.17, 15) is 9.90 Å². The average Bonchev–Trinajstić information content (AvgIpc) is 2.41. The van der Waals surface area contributed by atoms with Gasteiger partial charge in [-0.15, -0.1) is 0 Å². The molecule has 0 atom stereocenters. The molecule has 0 radical (unpaired) electrons. The van der Waals surface area contributed by atoms with E-state index < -0.39 is 0 Å². The highest BCUT2D eigenvalue weighted by Crippen LogP contribution is 2.22. The molecular weight excluding hydrogens is 252 g/mol. The van der Waals surface area contributed by atoms with Gasteiger partial charge in [0.2, 0.25) is 0 Å². The van der Waals surface area contributed by atoms with E-state index in [1.807, 2.05) is 32.0 Å². The largest absolute Gasteiger partial charge is 0.508 e. The smallest absolute Gasteiger partial charge is 0.253 e. The third kappa shape index (κ3) is 3.51. The molecule has 2 aromatic carbocycles. The molecule has 2 aromatic rings. The lowest BCUT2D eigenvalue weighted by atomic mass is 10.1. The Morgan fingerprint density at radius 2 is 1.70 bits per heavy atom. The van der Waals surface area contributed by atoms with E-state index in [1.54, 1.807) is 30.3 Å². The number of rotatable bonds is 4. The Hall–Kier alpha value is -2.49. The molecule has 2 rings (SSSR count). The zero-order valence-electron chi connectivity index (χ0n) is 11.6. The van der Waals surface area contributed by atoms with Crippen LogP contribution in [-0.2, 0) is 0 Å². The molecule has 0 fully saturated rings. The molecule has 1 amide bonds. The predicted octanol–water partition coefficient (Wildman–Crippen LogP) is 3.27. The zero-order valence-corrected chi connectivity index (χ0v) is 11.6. The highest BCUT2D eigenvalue weighted by atomic mass is 16.3. The quantitative estimate of drug-likeness (QED) is 0.747. The molecule has 0 bridgehead atoms. The number of benzene rings is 2. The van der Waals surface area contributed by atoms with Crippen molar-refractivity contribution >= 4 is 17.3 Å². The Balaban J connectivity index is 2.23. The highest BCUT2D eigenvalue weighted by molar-refractivity contribution is 6.00. The third-order valence-corrected chi connectivity index (χ3v) is 2.74. The fraction of sp³-hybridized carbons (Fsp3) is 0.188. The van der Waals surface area contributed by atoms with Gasteiger partial charge in [-0.1, -0.05) is 12.1 Å². The van der Waals surface area contributed by atoms with Crippen LogP contribution in [0.25, 0.3) is 0 Å². The van der Waals surface area contributed by atoms with Crippen molar-refractivity contribution in [2.45, 2.75) is 19.9 Å². The summed E-state index contributed by atoms with van der Waals surface area (Å²) in [7, 11) is 0. The number of para-hydroxylation sites is 1. The molecule has 0 aliphatic carbocycles. The minimum Gasteiger partial charge on any atom is -0.508 e. The van der Waals surface area contributed by atoms with Crippen molar-refractivity contribution < 1.29 is 9.90 Å². The van der Waals surface area contributed by atoms with Gasteiger partial charge >= 0.3 is 0 Å². The molecule has 0 heterocycles. The van der Waals surface area contributed by atoms with Crippen molar-refractivity contribution in [2.75, 3.05) is 5.32 Å². The topological polar surface area (TPSA) is 61.4 Å². The first-order chi connectivity index (χ1) is 9.56. The van der Waals surface area contributed by atoms with Crippen LogP contribution in [0.4, 0.5) is 11.4 Å². The lowest BCUT2D eigenvalue weighted by Gasteiger charge is -2.13. The van der Waals surface area contributed by atoms with E-state index in [-0.39, 0.29) is 17.7 Å². The van der Waals surface area contributed by atoms with E-state index in [0.29, 0.717) is 5.56 Å². The van der Waals surface area contributed by atoms with Gasteiger partial charge in [-0.25, -0.2) is 0 Å². The lowest BCUT2D eigenvalue weighted by Crippen LogP contribution is -2.30. The number of carbonyl (C=O) groups excluding carboxylic acids is 1. The van der Waals surface area contributed by atoms with Crippen molar-refractivity contribution in [1.82, 2.24) is 5.32 Å². The minimum atomic E-state index is -0.109. The number of phenols is 1. The van der Waals surface area contributed by atoms with E-state index in [2.05, 4.69) is 10.6 Å². The van der Waals surface area contributed by atoms with Crippen molar-refractivity contribution in [3.63, 3.8) is 0 Å². The summed E-state index contributed by atoms with van der Waals surface area (Å²) in [5, 5.41) is 15.3. The van der Waals surface area contributed by atoms with Crippen LogP contribution < -0.4 is 10.6 Å². The summed E-state index contributed by atoms with van der Waals surface area (Å²) in [5.74, 6) is 0.100. The normalized spacial score (nSPS) is 10.3. The number of phenolic OH excluding ortho intramolecular Hbond substituents is 1. The molecule has 0 spiro atoms. The maximum atomic E-state index is 12.1. The van der Waals surface area contributed by atoms with Crippen LogP contribution in [0.5, 0.6) is 5.75 Å². The summed E-state index contributed by atoms with van der Waals surface area (Å²) in [4.78, 5) is 12.1. The van der Waals surface area contributed by atoms with E-state index in [1.165, 1.54) is 0 Å². The van der Waals surface area contributed by atoms with Gasteiger partial charge in [-0.2, -0.15) is 0 Å². The van der Waals surface area contributed by atoms with Crippen LogP contribution in [0, 0.1) is 0 Å². The first-order valence-corrected chi connectivity index (χ1v) is 6.52. The first kappa shape index (κ1) is 13.9. The summed E-state index contributed by atoms with van der Waals surface area (Å²) in [6.45, 7) is 3.85. The molecule has 0 unspecified atom stereocenters. The minimum absolute atomic E-state index is 0.0872. The van der Waals surface area contributed by atoms with Crippen LogP contribution >= 0.6 is 0 Å². The molecule has 4 nitrogen and oxygen atoms in total. The fourth-order valence-electron chi connectivity index (χ4n) is 1.83. The van der Waals surface area contributed by atoms with Gasteiger partial charge in [0, 0.05) is 11.7 Å². The van der Waals surface area contributed by atoms with Crippen LogP contribution in [0.15, 0.2) is 48.5 Å². The first-order valence-electron chi connectivity index (χ1n) is 6.52. The molecule has 4 heteroatoms. The molecule has 20 heavy (non-hydrogen) atoms. The summed E-state index contributed by atoms with van der Waals surface area (Å²) >= 11 is 0. The fourth-order valence-corrected chi connectivity index (χ4v) is 1.83. The molecule has 0 saturated carbocycles. The lowest BCUT2D eigenvalue weighted by molar-refractivity contribution is 0.0944. The summed E-state index contributed by atoms with van der Waals surface area (Å²) < 4.78 is 0. The standard InChI is InChI=1S/C16H18N2O2/c1-11(2)17-16(20)14-5-3-4-6-15(14)18-12-7-9-13(19)10-8-12/h3-11,18-19H,1-2H3,(H,17,20). The molecule has 0 aromatic heterocycles. The molecule has 0 saturated heterocycles. The Morgan fingerprint density at radius 3 is 2.35 bits per heavy atom. The third-order valence-electron chi connectivity index (χ3n) is 2.74. The number of anilines is 2. The number of carbonyl (C=O) groups is 1. The van der Waals surface area contributed by atoms with Crippen molar-refractivity contribution in [2.24, 2.45) is 0 Å². The number of aromatic hydroxyl groups is 1. The van der Waals surface area contributed by atoms with Gasteiger partial charge in [0.15, 0.2) is 0 Å². The van der Waals surface area contributed by atoms with Crippen LogP contribution in [0.2, 0.25) is 0 Å². The SMILES string of the molecule is CC(C)NC(=O)c1ccccc1Nc1ccc(O)cc1. The molecule has 3 N–H and O–H groups in total. The van der Waals surface area contributed by atoms with Gasteiger partial charge in [-0.3, -0.25) is 4.79 Å². The number of hydrogen-bond acceptors (Lipinski definition) is 3. The van der Waals surface area contributed by atoms with Crippen LogP contribution in [0.3, 0.4) is 0 Å². The predicted molar refractivity (Wildman–Crippen MR) is 80.4 cm³/mol. The van der Waals surface area contributed by atoms with Gasteiger partial charge in [0.1, 0.15) is 5.75 Å². The Kier molecular flexibility index (Phi) is 4.25. The number of hydrogen-bond donors (Lipinski definition) is 3. The van der Waals surface area contributed by atoms with Crippen molar-refractivity contribution in [1.29, 1.82) is 0 Å². The van der Waals surface area contributed by atoms with Crippen molar-refractivity contribution in [3.05, 3.63) is 54.1 Å². The van der Waals surface area contributed by atoms with E-state index in [4.69, 9.17) is 0 Å². The van der Waals surface area contributed by atoms with Crippen LogP contribution in [-0.4, -0.2) is 17.1 Å². The second kappa shape index (κ2) is 6.10. The highest BCUT2D eigenvalue weighted by Gasteiger charge is 2.11. The summed E-state index contributed by atoms with van der Waals surface area (Å²) in [5.41, 5.74) is 2.14. The molecular formula is C16H18N2O2. The van der Waals surface area contributed by atoms with Gasteiger partial charge < -0.3 is 15.7 Å². The summed E-state index contributed by atoms with van der Waals surface area (Å²) in [6, 6.07) is 14.1. The second-order valence-corrected chi connectivity index (χ2v) is 4.85. The molecule has 104 valence electrons. The second-order valence-electron chi connectivity index (χ2n) is 4.85. The number of nitrogens with one attached hydrogen (secondary N) is 2. The van der Waals surface area contributed by atoms with Gasteiger partial charge in [0.05, 0.1) is 11.3 Å². The van der Waals surface area contributed by atoms with Crippen LogP contribution in [0.1, 0.15) is 24.2 Å². The van der Waals surface area contributed by atoms with E-state index >= 15 is 0 Å². The Bertz CT molecular complexity index is 592. The van der Waals surface area contributed by atoms with Gasteiger partial charge in [-0.05, 0) is 50.2 Å². The maximum Gasteiger partial charge on any atom is 0.253 e. The number of amides is 1. The van der Waals surface area contributed by atoms with Crippen molar-refractivity contribution in [3.8, 4) is 5.75 Å². The molecule has 0 aliphatic heterocycles. The summed E-state index contributed by atoms with van der Waals surface area (Å²) in [6.07, 6.45) is 0. The van der Waals surface area contributed by atoms with E-state index in [0.717, 1.165) is 11.4 Å². The average molecular weight is 270 g/mol. The van der Waals surface area contributed by atoms with Gasteiger partial charge in [0.25, 0.3) is 5.91 Å². The zero-order chi connectivity index (χ0) is 14.5. The Labute approximate surface area is 118 Å². The maximum absolute atomic E-state index is 12.1. The Morgan fingerprint density at radius 1 is 1.05 bits per heavy atom. The monoisotopic (exact) mass is 270 g/mol. The molecule has 0 aliphatic rings.